The molecule has 0 spiro atoms. The second-order valence-corrected chi connectivity index (χ2v) is 7.20. The summed E-state index contributed by atoms with van der Waals surface area (Å²) < 4.78 is 1.18. The van der Waals surface area contributed by atoms with Gasteiger partial charge in [-0.1, -0.05) is 35.9 Å². The second kappa shape index (κ2) is 6.57. The first-order chi connectivity index (χ1) is 12.1. The molecule has 2 aromatic carbocycles. The van der Waals surface area contributed by atoms with Gasteiger partial charge in [0.05, 0.1) is 11.1 Å². The zero-order valence-corrected chi connectivity index (χ0v) is 15.9. The summed E-state index contributed by atoms with van der Waals surface area (Å²) in [4.78, 5) is 13.7. The van der Waals surface area contributed by atoms with Crippen molar-refractivity contribution in [3.05, 3.63) is 69.3 Å². The van der Waals surface area contributed by atoms with Crippen molar-refractivity contribution in [2.45, 2.75) is 0 Å². The lowest BCUT2D eigenvalue weighted by molar-refractivity contribution is 1.19. The number of nitrogens with zero attached hydrogens (tertiary/aromatic N) is 3. The monoisotopic (exact) mass is 458 g/mol. The molecule has 0 fully saturated rings. The number of benzene rings is 2. The van der Waals surface area contributed by atoms with Gasteiger partial charge in [-0.3, -0.25) is 0 Å². The van der Waals surface area contributed by atoms with Gasteiger partial charge in [0.25, 0.3) is 0 Å². The minimum atomic E-state index is 0.404. The van der Waals surface area contributed by atoms with E-state index in [0.29, 0.717) is 22.3 Å². The van der Waals surface area contributed by atoms with Gasteiger partial charge in [0.15, 0.2) is 11.5 Å². The van der Waals surface area contributed by atoms with Crippen molar-refractivity contribution in [1.82, 2.24) is 15.0 Å². The molecule has 2 N–H and O–H groups in total. The first kappa shape index (κ1) is 16.2. The van der Waals surface area contributed by atoms with E-state index in [0.717, 1.165) is 22.2 Å². The van der Waals surface area contributed by atoms with Gasteiger partial charge in [-0.15, -0.1) is 0 Å². The Morgan fingerprint density at radius 2 is 1.64 bits per heavy atom. The van der Waals surface area contributed by atoms with Crippen molar-refractivity contribution in [3.8, 4) is 22.6 Å². The van der Waals surface area contributed by atoms with Gasteiger partial charge < -0.3 is 5.73 Å². The van der Waals surface area contributed by atoms with Crippen LogP contribution in [0.25, 0.3) is 33.7 Å². The molecular formula is C19H12ClIN4. The zero-order valence-electron chi connectivity index (χ0n) is 12.9. The van der Waals surface area contributed by atoms with Gasteiger partial charge in [0.1, 0.15) is 5.82 Å². The van der Waals surface area contributed by atoms with E-state index in [1.807, 2.05) is 60.7 Å². The van der Waals surface area contributed by atoms with Gasteiger partial charge in [-0.05, 0) is 59.0 Å². The van der Waals surface area contributed by atoms with Crippen LogP contribution in [0.2, 0.25) is 5.02 Å². The molecule has 0 aliphatic carbocycles. The summed E-state index contributed by atoms with van der Waals surface area (Å²) in [6.45, 7) is 0. The van der Waals surface area contributed by atoms with E-state index < -0.39 is 0 Å². The molecule has 0 saturated carbocycles. The highest BCUT2D eigenvalue weighted by molar-refractivity contribution is 14.1. The van der Waals surface area contributed by atoms with Crippen LogP contribution >= 0.6 is 34.2 Å². The Kier molecular flexibility index (Phi) is 4.27. The molecule has 0 aliphatic heterocycles. The van der Waals surface area contributed by atoms with Crippen molar-refractivity contribution in [2.75, 3.05) is 5.73 Å². The summed E-state index contributed by atoms with van der Waals surface area (Å²) >= 11 is 8.35. The summed E-state index contributed by atoms with van der Waals surface area (Å²) in [5.74, 6) is 0.918. The average Bonchev–Trinajstić information content (AvgIpc) is 2.62. The Balaban J connectivity index is 1.87. The van der Waals surface area contributed by atoms with Crippen LogP contribution < -0.4 is 5.73 Å². The Morgan fingerprint density at radius 1 is 0.840 bits per heavy atom. The summed E-state index contributed by atoms with van der Waals surface area (Å²) in [6.07, 6.45) is 0. The van der Waals surface area contributed by atoms with Crippen LogP contribution in [0.15, 0.2) is 60.7 Å². The van der Waals surface area contributed by atoms with Crippen LogP contribution in [0.3, 0.4) is 0 Å². The standard InChI is InChI=1S/C19H12ClIN4/c20-13-3-1-2-12(10-13)18-24-17(22)15-8-9-16(23-19(15)25-18)11-4-6-14(21)7-5-11/h1-10H,(H2,22,23,24,25). The minimum absolute atomic E-state index is 0.404. The number of aromatic nitrogens is 3. The highest BCUT2D eigenvalue weighted by atomic mass is 127. The van der Waals surface area contributed by atoms with Crippen molar-refractivity contribution < 1.29 is 0 Å². The topological polar surface area (TPSA) is 64.7 Å². The second-order valence-electron chi connectivity index (χ2n) is 5.52. The van der Waals surface area contributed by atoms with Crippen molar-refractivity contribution in [1.29, 1.82) is 0 Å². The molecule has 6 heteroatoms. The van der Waals surface area contributed by atoms with Gasteiger partial charge in [-0.25, -0.2) is 15.0 Å². The summed E-state index contributed by atoms with van der Waals surface area (Å²) in [6, 6.07) is 19.4. The maximum Gasteiger partial charge on any atom is 0.165 e. The van der Waals surface area contributed by atoms with E-state index >= 15 is 0 Å². The van der Waals surface area contributed by atoms with E-state index in [-0.39, 0.29) is 0 Å². The maximum atomic E-state index is 6.12. The lowest BCUT2D eigenvalue weighted by Gasteiger charge is -2.07. The molecule has 0 amide bonds. The Labute approximate surface area is 163 Å². The number of rotatable bonds is 2. The number of hydrogen-bond acceptors (Lipinski definition) is 4. The van der Waals surface area contributed by atoms with Crippen molar-refractivity contribution in [2.24, 2.45) is 0 Å². The predicted octanol–water partition coefficient (Wildman–Crippen LogP) is 5.20. The number of pyridine rings is 1. The SMILES string of the molecule is Nc1nc(-c2cccc(Cl)c2)nc2nc(-c3ccc(I)cc3)ccc12. The van der Waals surface area contributed by atoms with Crippen LogP contribution in [0.1, 0.15) is 0 Å². The normalized spacial score (nSPS) is 11.0. The molecule has 4 aromatic rings. The minimum Gasteiger partial charge on any atom is -0.383 e. The van der Waals surface area contributed by atoms with Crippen molar-refractivity contribution >= 4 is 51.0 Å². The quantitative estimate of drug-likeness (QED) is 0.419. The molecule has 0 aliphatic rings. The molecule has 4 nitrogen and oxygen atoms in total. The number of fused-ring (bicyclic) bond motifs is 1. The molecule has 0 unspecified atom stereocenters. The first-order valence-corrected chi connectivity index (χ1v) is 9.02. The first-order valence-electron chi connectivity index (χ1n) is 7.56. The lowest BCUT2D eigenvalue weighted by atomic mass is 10.1. The van der Waals surface area contributed by atoms with Crippen LogP contribution in [0.4, 0.5) is 5.82 Å². The van der Waals surface area contributed by atoms with E-state index in [9.17, 15) is 0 Å². The third kappa shape index (κ3) is 3.29. The highest BCUT2D eigenvalue weighted by Crippen LogP contribution is 2.26. The highest BCUT2D eigenvalue weighted by Gasteiger charge is 2.10. The largest absolute Gasteiger partial charge is 0.383 e. The summed E-state index contributed by atoms with van der Waals surface area (Å²) in [5, 5.41) is 1.36. The van der Waals surface area contributed by atoms with Crippen LogP contribution in [0.5, 0.6) is 0 Å². The molecule has 2 heterocycles. The van der Waals surface area contributed by atoms with E-state index in [4.69, 9.17) is 17.3 Å². The van der Waals surface area contributed by atoms with Gasteiger partial charge >= 0.3 is 0 Å². The molecule has 25 heavy (non-hydrogen) atoms. The molecule has 122 valence electrons. The zero-order chi connectivity index (χ0) is 17.4. The third-order valence-electron chi connectivity index (χ3n) is 3.81. The molecular weight excluding hydrogens is 447 g/mol. The Bertz CT molecular complexity index is 1080. The number of halogens is 2. The average molecular weight is 459 g/mol. The Morgan fingerprint density at radius 3 is 2.40 bits per heavy atom. The number of anilines is 1. The van der Waals surface area contributed by atoms with Gasteiger partial charge in [-0.2, -0.15) is 0 Å². The molecule has 2 aromatic heterocycles. The summed E-state index contributed by atoms with van der Waals surface area (Å²) in [7, 11) is 0. The smallest absolute Gasteiger partial charge is 0.165 e. The van der Waals surface area contributed by atoms with E-state index in [1.165, 1.54) is 3.57 Å². The van der Waals surface area contributed by atoms with E-state index in [2.05, 4.69) is 37.5 Å². The molecule has 0 saturated heterocycles. The number of nitrogen functional groups attached to an aromatic ring is 1. The summed E-state index contributed by atoms with van der Waals surface area (Å²) in [5.41, 5.74) is 9.37. The molecule has 4 rings (SSSR count). The number of hydrogen-bond donors (Lipinski definition) is 1. The Hall–Kier alpha value is -2.25. The maximum absolute atomic E-state index is 6.12. The van der Waals surface area contributed by atoms with Gasteiger partial charge in [0.2, 0.25) is 0 Å². The van der Waals surface area contributed by atoms with Crippen LogP contribution in [-0.4, -0.2) is 15.0 Å². The third-order valence-corrected chi connectivity index (χ3v) is 4.77. The molecule has 0 radical (unpaired) electrons. The van der Waals surface area contributed by atoms with Crippen LogP contribution in [-0.2, 0) is 0 Å². The number of nitrogens with two attached hydrogens (primary N) is 1. The van der Waals surface area contributed by atoms with Crippen molar-refractivity contribution in [3.63, 3.8) is 0 Å². The van der Waals surface area contributed by atoms with Crippen LogP contribution in [0, 0.1) is 3.57 Å². The fourth-order valence-corrected chi connectivity index (χ4v) is 3.12. The predicted molar refractivity (Wildman–Crippen MR) is 110 cm³/mol. The van der Waals surface area contributed by atoms with E-state index in [1.54, 1.807) is 0 Å². The fourth-order valence-electron chi connectivity index (χ4n) is 2.57. The fraction of sp³-hybridized carbons (Fsp3) is 0. The van der Waals surface area contributed by atoms with Gasteiger partial charge in [0, 0.05) is 19.7 Å². The lowest BCUT2D eigenvalue weighted by Crippen LogP contribution is -2.00. The molecule has 0 bridgehead atoms. The molecule has 0 atom stereocenters.